The molecule has 1 aromatic rings. The molecular formula is C14H13FN2O3. The molecule has 6 heteroatoms. The van der Waals surface area contributed by atoms with Gasteiger partial charge in [0, 0.05) is 18.2 Å². The van der Waals surface area contributed by atoms with E-state index in [4.69, 9.17) is 5.11 Å². The van der Waals surface area contributed by atoms with E-state index in [1.54, 1.807) is 6.07 Å². The van der Waals surface area contributed by atoms with Crippen LogP contribution >= 0.6 is 0 Å². The maximum absolute atomic E-state index is 13.9. The van der Waals surface area contributed by atoms with Crippen molar-refractivity contribution in [2.45, 2.75) is 6.54 Å². The fraction of sp³-hybridized carbons (Fsp3) is 0.286. The lowest BCUT2D eigenvalue weighted by molar-refractivity contribution is -0.125. The number of hydrogen-bond donors (Lipinski definition) is 1. The van der Waals surface area contributed by atoms with Crippen LogP contribution in [0.2, 0.25) is 0 Å². The summed E-state index contributed by atoms with van der Waals surface area (Å²) in [6.45, 7) is -0.380. The Bertz CT molecular complexity index is 619. The highest BCUT2D eigenvalue weighted by molar-refractivity contribution is 6.01. The predicted octanol–water partition coefficient (Wildman–Crippen LogP) is 0.563. The summed E-state index contributed by atoms with van der Waals surface area (Å²) in [5.41, 5.74) is 0.674. The second-order valence-electron chi connectivity index (χ2n) is 4.38. The molecule has 0 unspecified atom stereocenters. The molecule has 1 aromatic carbocycles. The third kappa shape index (κ3) is 2.78. The molecule has 1 fully saturated rings. The van der Waals surface area contributed by atoms with Crippen LogP contribution in [-0.2, 0) is 11.3 Å². The zero-order chi connectivity index (χ0) is 14.7. The van der Waals surface area contributed by atoms with E-state index in [2.05, 4.69) is 11.8 Å². The smallest absolute Gasteiger partial charge is 0.327 e. The van der Waals surface area contributed by atoms with Gasteiger partial charge in [0.05, 0.1) is 6.54 Å². The SMILES string of the molecule is CN1CC(=O)N(Cc2ccc(C#CCO)cc2F)C1=O. The maximum Gasteiger partial charge on any atom is 0.327 e. The molecule has 1 aliphatic rings. The van der Waals surface area contributed by atoms with Crippen molar-refractivity contribution in [1.82, 2.24) is 9.80 Å². The molecule has 0 bridgehead atoms. The van der Waals surface area contributed by atoms with Gasteiger partial charge in [-0.3, -0.25) is 9.69 Å². The van der Waals surface area contributed by atoms with Gasteiger partial charge in [0.1, 0.15) is 19.0 Å². The van der Waals surface area contributed by atoms with Gasteiger partial charge in [-0.05, 0) is 12.1 Å². The Kier molecular flexibility index (Phi) is 4.01. The van der Waals surface area contributed by atoms with Gasteiger partial charge in [-0.2, -0.15) is 0 Å². The van der Waals surface area contributed by atoms with E-state index in [0.717, 1.165) is 4.90 Å². The number of carbonyl (C=O) groups excluding carboxylic acids is 2. The third-order valence-corrected chi connectivity index (χ3v) is 2.92. The highest BCUT2D eigenvalue weighted by atomic mass is 19.1. The van der Waals surface area contributed by atoms with Crippen molar-refractivity contribution < 1.29 is 19.1 Å². The largest absolute Gasteiger partial charge is 0.384 e. The highest BCUT2D eigenvalue weighted by Gasteiger charge is 2.33. The van der Waals surface area contributed by atoms with Crippen LogP contribution in [0, 0.1) is 17.7 Å². The van der Waals surface area contributed by atoms with Gasteiger partial charge in [0.2, 0.25) is 0 Å². The van der Waals surface area contributed by atoms with Gasteiger partial charge in [-0.1, -0.05) is 17.9 Å². The summed E-state index contributed by atoms with van der Waals surface area (Å²) in [4.78, 5) is 25.6. The van der Waals surface area contributed by atoms with Gasteiger partial charge in [0.15, 0.2) is 0 Å². The van der Waals surface area contributed by atoms with Gasteiger partial charge in [-0.25, -0.2) is 9.18 Å². The molecule has 0 atom stereocenters. The van der Waals surface area contributed by atoms with Gasteiger partial charge in [0.25, 0.3) is 5.91 Å². The Labute approximate surface area is 115 Å². The number of halogens is 1. The molecule has 0 spiro atoms. The molecule has 20 heavy (non-hydrogen) atoms. The molecule has 0 radical (unpaired) electrons. The number of imide groups is 1. The molecule has 5 nitrogen and oxygen atoms in total. The van der Waals surface area contributed by atoms with Crippen LogP contribution in [0.5, 0.6) is 0 Å². The number of nitrogens with zero attached hydrogens (tertiary/aromatic N) is 2. The van der Waals surface area contributed by atoms with E-state index in [0.29, 0.717) is 5.56 Å². The quantitative estimate of drug-likeness (QED) is 0.634. The van der Waals surface area contributed by atoms with Crippen LogP contribution in [0.3, 0.4) is 0 Å². The number of aliphatic hydroxyl groups is 1. The lowest BCUT2D eigenvalue weighted by Crippen LogP contribution is -2.31. The van der Waals surface area contributed by atoms with E-state index in [1.807, 2.05) is 0 Å². The summed E-state index contributed by atoms with van der Waals surface area (Å²) >= 11 is 0. The van der Waals surface area contributed by atoms with Crippen molar-refractivity contribution in [2.24, 2.45) is 0 Å². The standard InChI is InChI=1S/C14H13FN2O3/c1-16-9-13(19)17(14(16)20)8-11-5-4-10(3-2-6-18)7-12(11)15/h4-5,7,18H,6,8-9H2,1H3. The van der Waals surface area contributed by atoms with Gasteiger partial charge in [-0.15, -0.1) is 0 Å². The lowest BCUT2D eigenvalue weighted by Gasteiger charge is -2.14. The molecule has 1 heterocycles. The molecular weight excluding hydrogens is 263 g/mol. The Balaban J connectivity index is 2.18. The van der Waals surface area contributed by atoms with Crippen molar-refractivity contribution in [1.29, 1.82) is 0 Å². The number of carbonyl (C=O) groups is 2. The first-order valence-corrected chi connectivity index (χ1v) is 5.96. The fourth-order valence-electron chi connectivity index (χ4n) is 1.89. The van der Waals surface area contributed by atoms with Gasteiger partial charge < -0.3 is 10.0 Å². The zero-order valence-electron chi connectivity index (χ0n) is 10.9. The molecule has 104 valence electrons. The summed E-state index contributed by atoms with van der Waals surface area (Å²) in [6, 6.07) is 3.84. The summed E-state index contributed by atoms with van der Waals surface area (Å²) < 4.78 is 13.9. The average molecular weight is 276 g/mol. The Morgan fingerprint density at radius 3 is 2.70 bits per heavy atom. The lowest BCUT2D eigenvalue weighted by atomic mass is 10.1. The number of amides is 3. The average Bonchev–Trinajstić information content (AvgIpc) is 2.65. The monoisotopic (exact) mass is 276 g/mol. The van der Waals surface area contributed by atoms with Crippen molar-refractivity contribution in [2.75, 3.05) is 20.2 Å². The number of likely N-dealkylation sites (N-methyl/N-ethyl adjacent to an activating group) is 1. The minimum Gasteiger partial charge on any atom is -0.384 e. The topological polar surface area (TPSA) is 60.9 Å². The second-order valence-corrected chi connectivity index (χ2v) is 4.38. The van der Waals surface area contributed by atoms with Crippen LogP contribution < -0.4 is 0 Å². The number of benzene rings is 1. The number of urea groups is 1. The van der Waals surface area contributed by atoms with E-state index >= 15 is 0 Å². The van der Waals surface area contributed by atoms with Crippen LogP contribution in [0.4, 0.5) is 9.18 Å². The Morgan fingerprint density at radius 1 is 1.40 bits per heavy atom. The second kappa shape index (κ2) is 5.72. The molecule has 1 aliphatic heterocycles. The normalized spacial score (nSPS) is 14.6. The van der Waals surface area contributed by atoms with E-state index in [-0.39, 0.29) is 31.2 Å². The van der Waals surface area contributed by atoms with Crippen molar-refractivity contribution in [3.63, 3.8) is 0 Å². The first-order valence-electron chi connectivity index (χ1n) is 5.96. The first kappa shape index (κ1) is 14.0. The van der Waals surface area contributed by atoms with E-state index in [9.17, 15) is 14.0 Å². The minimum atomic E-state index is -0.537. The summed E-state index contributed by atoms with van der Waals surface area (Å²) in [5, 5.41) is 8.57. The molecule has 0 saturated carbocycles. The van der Waals surface area contributed by atoms with Crippen molar-refractivity contribution in [3.05, 3.63) is 35.1 Å². The van der Waals surface area contributed by atoms with Crippen LogP contribution in [0.1, 0.15) is 11.1 Å². The number of aliphatic hydroxyl groups excluding tert-OH is 1. The minimum absolute atomic E-state index is 0.0144. The van der Waals surface area contributed by atoms with Crippen LogP contribution in [-0.4, -0.2) is 47.0 Å². The van der Waals surface area contributed by atoms with Crippen LogP contribution in [0.25, 0.3) is 0 Å². The molecule has 0 aromatic heterocycles. The maximum atomic E-state index is 13.9. The first-order chi connectivity index (χ1) is 9.52. The molecule has 0 aliphatic carbocycles. The predicted molar refractivity (Wildman–Crippen MR) is 68.9 cm³/mol. The third-order valence-electron chi connectivity index (χ3n) is 2.92. The Hall–Kier alpha value is -2.39. The summed E-state index contributed by atoms with van der Waals surface area (Å²) in [5.74, 6) is 4.12. The summed E-state index contributed by atoms with van der Waals surface area (Å²) in [6.07, 6.45) is 0. The zero-order valence-corrected chi connectivity index (χ0v) is 10.9. The molecule has 2 rings (SSSR count). The number of hydrogen-bond acceptors (Lipinski definition) is 3. The molecule has 1 N–H and O–H groups in total. The number of rotatable bonds is 2. The summed E-state index contributed by atoms with van der Waals surface area (Å²) in [7, 11) is 1.52. The van der Waals surface area contributed by atoms with Crippen molar-refractivity contribution >= 4 is 11.9 Å². The molecule has 1 saturated heterocycles. The van der Waals surface area contributed by atoms with Crippen molar-refractivity contribution in [3.8, 4) is 11.8 Å². The van der Waals surface area contributed by atoms with Gasteiger partial charge >= 0.3 is 6.03 Å². The molecule has 3 amide bonds. The van der Waals surface area contributed by atoms with Crippen LogP contribution in [0.15, 0.2) is 18.2 Å². The van der Waals surface area contributed by atoms with E-state index in [1.165, 1.54) is 24.1 Å². The Morgan fingerprint density at radius 2 is 2.15 bits per heavy atom. The fourth-order valence-corrected chi connectivity index (χ4v) is 1.89. The highest BCUT2D eigenvalue weighted by Crippen LogP contribution is 2.16. The van der Waals surface area contributed by atoms with E-state index < -0.39 is 11.8 Å².